The molecule has 19 nitrogen and oxygen atoms in total. The zero-order valence-electron chi connectivity index (χ0n) is 51.2. The van der Waals surface area contributed by atoms with Gasteiger partial charge in [-0.05, 0) is 46.5 Å². The molecule has 0 aromatic rings. The fraction of sp³-hybridized carbons (Fsp3) is 0.885. The van der Waals surface area contributed by atoms with Crippen LogP contribution in [-0.2, 0) is 52.5 Å². The molecule has 0 aliphatic rings. The molecule has 80 heavy (non-hydrogen) atoms. The van der Waals surface area contributed by atoms with Crippen LogP contribution in [-0.4, -0.2) is 145 Å². The van der Waals surface area contributed by atoms with Gasteiger partial charge in [0.25, 0.3) is 0 Å². The molecule has 0 bridgehead atoms. The quantitative estimate of drug-likeness (QED) is 0.0281. The number of carbonyl (C=O) groups excluding carboxylic acids is 7. The van der Waals surface area contributed by atoms with Gasteiger partial charge in [-0.1, -0.05) is 168 Å². The molecule has 0 aromatic carbocycles. The maximum atomic E-state index is 13.1. The summed E-state index contributed by atoms with van der Waals surface area (Å²) in [6, 6.07) is -1.05. The highest BCUT2D eigenvalue weighted by Crippen LogP contribution is 2.15. The van der Waals surface area contributed by atoms with E-state index in [4.69, 9.17) is 23.7 Å². The summed E-state index contributed by atoms with van der Waals surface area (Å²) in [4.78, 5) is 86.9. The second kappa shape index (κ2) is 56.8. The van der Waals surface area contributed by atoms with Gasteiger partial charge in [-0.15, -0.1) is 0 Å². The van der Waals surface area contributed by atoms with Gasteiger partial charge in [0, 0.05) is 78.0 Å². The molecule has 0 spiro atoms. The van der Waals surface area contributed by atoms with Gasteiger partial charge in [0.15, 0.2) is 0 Å². The molecule has 0 saturated carbocycles. The van der Waals surface area contributed by atoms with E-state index >= 15 is 0 Å². The SMILES string of the molecule is CCCCCCCCCCCCCCCC(=O)NCCOCCNC(=O)CCCOCCNC(=O)[C@H](CCC(=O)NCCOCCC(=O)NCCOCCNC(=O)CCCCCCCCCCCCCCC)NC(=O)OC(C)(C)C. The summed E-state index contributed by atoms with van der Waals surface area (Å²) in [5, 5.41) is 19.4. The highest BCUT2D eigenvalue weighted by Gasteiger charge is 2.25. The topological polar surface area (TPSA) is 250 Å². The molecule has 0 heterocycles. The maximum absolute atomic E-state index is 13.1. The van der Waals surface area contributed by atoms with Crippen molar-refractivity contribution in [1.82, 2.24) is 37.2 Å². The monoisotopic (exact) mass is 1140 g/mol. The van der Waals surface area contributed by atoms with Crippen LogP contribution in [0.4, 0.5) is 4.79 Å². The summed E-state index contributed by atoms with van der Waals surface area (Å²) >= 11 is 0. The zero-order chi connectivity index (χ0) is 58.8. The van der Waals surface area contributed by atoms with E-state index in [1.54, 1.807) is 20.8 Å². The zero-order valence-corrected chi connectivity index (χ0v) is 51.2. The van der Waals surface area contributed by atoms with E-state index in [9.17, 15) is 33.6 Å². The lowest BCUT2D eigenvalue weighted by Gasteiger charge is -2.23. The van der Waals surface area contributed by atoms with Crippen LogP contribution in [0.25, 0.3) is 0 Å². The number of rotatable bonds is 58. The average Bonchev–Trinajstić information content (AvgIpc) is 3.41. The predicted octanol–water partition coefficient (Wildman–Crippen LogP) is 9.56. The number of ether oxygens (including phenoxy) is 5. The van der Waals surface area contributed by atoms with Crippen LogP contribution in [0.2, 0.25) is 0 Å². The first-order valence-corrected chi connectivity index (χ1v) is 31.7. The first-order chi connectivity index (χ1) is 38.8. The van der Waals surface area contributed by atoms with E-state index in [-0.39, 0.29) is 88.1 Å². The molecule has 19 heteroatoms. The highest BCUT2D eigenvalue weighted by atomic mass is 16.6. The van der Waals surface area contributed by atoms with Crippen LogP contribution in [0.1, 0.15) is 247 Å². The molecular formula is C61H117N7O12. The van der Waals surface area contributed by atoms with Crippen molar-refractivity contribution in [2.45, 2.75) is 258 Å². The summed E-state index contributed by atoms with van der Waals surface area (Å²) in [7, 11) is 0. The van der Waals surface area contributed by atoms with Crippen LogP contribution in [0.3, 0.4) is 0 Å². The van der Waals surface area contributed by atoms with Crippen molar-refractivity contribution >= 4 is 41.5 Å². The Morgan fingerprint density at radius 1 is 0.325 bits per heavy atom. The minimum Gasteiger partial charge on any atom is -0.444 e. The van der Waals surface area contributed by atoms with Gasteiger partial charge in [0.2, 0.25) is 35.4 Å². The number of hydrogen-bond acceptors (Lipinski definition) is 12. The van der Waals surface area contributed by atoms with Crippen molar-refractivity contribution in [1.29, 1.82) is 0 Å². The van der Waals surface area contributed by atoms with Crippen molar-refractivity contribution in [3.05, 3.63) is 0 Å². The van der Waals surface area contributed by atoms with Gasteiger partial charge in [-0.2, -0.15) is 0 Å². The highest BCUT2D eigenvalue weighted by molar-refractivity contribution is 5.86. The summed E-state index contributed by atoms with van der Waals surface area (Å²) < 4.78 is 27.5. The number of hydrogen-bond donors (Lipinski definition) is 7. The van der Waals surface area contributed by atoms with Gasteiger partial charge in [-0.3, -0.25) is 28.8 Å². The Labute approximate surface area is 484 Å². The second-order valence-corrected chi connectivity index (χ2v) is 22.1. The summed E-state index contributed by atoms with van der Waals surface area (Å²) in [5.41, 5.74) is -0.798. The van der Waals surface area contributed by atoms with Crippen molar-refractivity contribution in [2.75, 3.05) is 92.1 Å². The second-order valence-electron chi connectivity index (χ2n) is 22.1. The summed E-state index contributed by atoms with van der Waals surface area (Å²) in [5.74, 6) is -1.09. The fourth-order valence-corrected chi connectivity index (χ4v) is 8.63. The molecule has 0 aromatic heterocycles. The number of unbranched alkanes of at least 4 members (excludes halogenated alkanes) is 24. The van der Waals surface area contributed by atoms with Gasteiger partial charge in [-0.25, -0.2) is 4.79 Å². The van der Waals surface area contributed by atoms with E-state index in [2.05, 4.69) is 51.1 Å². The Kier molecular flexibility index (Phi) is 53.9. The Hall–Kier alpha value is -4.07. The molecule has 468 valence electrons. The smallest absolute Gasteiger partial charge is 0.408 e. The lowest BCUT2D eigenvalue weighted by molar-refractivity contribution is -0.125. The van der Waals surface area contributed by atoms with Gasteiger partial charge < -0.3 is 60.9 Å². The first kappa shape index (κ1) is 75.9. The lowest BCUT2D eigenvalue weighted by atomic mass is 10.0. The first-order valence-electron chi connectivity index (χ1n) is 31.7. The van der Waals surface area contributed by atoms with Crippen LogP contribution in [0.5, 0.6) is 0 Å². The lowest BCUT2D eigenvalue weighted by Crippen LogP contribution is -2.49. The fourth-order valence-electron chi connectivity index (χ4n) is 8.63. The molecule has 0 aliphatic heterocycles. The molecule has 7 amide bonds. The van der Waals surface area contributed by atoms with Gasteiger partial charge in [0.1, 0.15) is 11.6 Å². The minimum atomic E-state index is -1.05. The summed E-state index contributed by atoms with van der Waals surface area (Å²) in [6.45, 7) is 13.7. The Balaban J connectivity index is 3.99. The molecule has 0 fully saturated rings. The average molecular weight is 1140 g/mol. The third-order valence-electron chi connectivity index (χ3n) is 13.2. The van der Waals surface area contributed by atoms with E-state index < -0.39 is 23.6 Å². The third-order valence-corrected chi connectivity index (χ3v) is 13.2. The standard InChI is InChI=1S/C61H117N7O12/c1-6-8-10-12-14-16-18-20-22-24-26-28-30-33-54(69)62-40-48-78-50-42-64-56(71)35-32-45-76-52-44-67-59(74)53(68-60(75)80-61(3,4)5)36-37-57(72)65-39-47-77-46-38-58(73)66-43-51-79-49-41-63-55(70)34-31-29-27-25-23-21-19-17-15-13-11-9-7-2/h53H,6-52H2,1-5H3,(H,62,69)(H,63,70)(H,64,71)(H,65,72)(H,66,73)(H,67,74)(H,68,75)/t53-/m0/s1. The number of amides is 7. The molecule has 0 unspecified atom stereocenters. The molecular weight excluding hydrogens is 1020 g/mol. The van der Waals surface area contributed by atoms with Crippen LogP contribution in [0.15, 0.2) is 0 Å². The maximum Gasteiger partial charge on any atom is 0.408 e. The van der Waals surface area contributed by atoms with Crippen LogP contribution < -0.4 is 37.2 Å². The molecule has 1 atom stereocenters. The minimum absolute atomic E-state index is 0.00691. The molecule has 0 aliphatic carbocycles. The predicted molar refractivity (Wildman–Crippen MR) is 318 cm³/mol. The van der Waals surface area contributed by atoms with Gasteiger partial charge >= 0.3 is 6.09 Å². The van der Waals surface area contributed by atoms with Crippen molar-refractivity contribution in [2.24, 2.45) is 0 Å². The Bertz CT molecular complexity index is 1540. The Morgan fingerprint density at radius 3 is 0.975 bits per heavy atom. The number of nitrogens with one attached hydrogen (secondary N) is 7. The molecule has 0 saturated heterocycles. The Morgan fingerprint density at radius 2 is 0.613 bits per heavy atom. The third kappa shape index (κ3) is 57.2. The van der Waals surface area contributed by atoms with Crippen molar-refractivity contribution < 1.29 is 57.2 Å². The summed E-state index contributed by atoms with van der Waals surface area (Å²) in [6.07, 6.45) is 34.2. The molecule has 0 radical (unpaired) electrons. The molecule has 0 rings (SSSR count). The molecule has 7 N–H and O–H groups in total. The largest absolute Gasteiger partial charge is 0.444 e. The normalized spacial score (nSPS) is 11.7. The van der Waals surface area contributed by atoms with Crippen molar-refractivity contribution in [3.63, 3.8) is 0 Å². The van der Waals surface area contributed by atoms with E-state index in [0.717, 1.165) is 25.7 Å². The van der Waals surface area contributed by atoms with Gasteiger partial charge in [0.05, 0.1) is 46.2 Å². The van der Waals surface area contributed by atoms with E-state index in [1.807, 2.05) is 0 Å². The number of alkyl carbamates (subject to hydrolysis) is 1. The van der Waals surface area contributed by atoms with E-state index in [0.29, 0.717) is 78.5 Å². The number of carbonyl (C=O) groups is 7. The van der Waals surface area contributed by atoms with Crippen LogP contribution >= 0.6 is 0 Å². The van der Waals surface area contributed by atoms with E-state index in [1.165, 1.54) is 141 Å². The van der Waals surface area contributed by atoms with Crippen LogP contribution in [0, 0.1) is 0 Å². The van der Waals surface area contributed by atoms with Crippen molar-refractivity contribution in [3.8, 4) is 0 Å².